The summed E-state index contributed by atoms with van der Waals surface area (Å²) in [7, 11) is -3.26. The van der Waals surface area contributed by atoms with Crippen molar-refractivity contribution in [2.24, 2.45) is 0 Å². The van der Waals surface area contributed by atoms with Gasteiger partial charge in [-0.2, -0.15) is 0 Å². The van der Waals surface area contributed by atoms with Crippen molar-refractivity contribution in [3.8, 4) is 0 Å². The Bertz CT molecular complexity index is 1490. The molecule has 0 aliphatic heterocycles. The number of alkyl carbamates (subject to hydrolysis) is 1. The lowest BCUT2D eigenvalue weighted by Gasteiger charge is -2.25. The van der Waals surface area contributed by atoms with Crippen molar-refractivity contribution >= 4 is 25.9 Å². The van der Waals surface area contributed by atoms with Crippen LogP contribution < -0.4 is 10.2 Å². The van der Waals surface area contributed by atoms with Gasteiger partial charge in [0.1, 0.15) is 13.2 Å². The predicted octanol–water partition coefficient (Wildman–Crippen LogP) is 12.0. The smallest absolute Gasteiger partial charge is 0.407 e. The number of unbranched alkanes of at least 4 members (excludes halogenated alkanes) is 28. The standard InChI is InChI=1S/C65H128NO21P/c1-4-6-8-10-12-14-16-18-20-22-24-26-28-30-32-34-63(67)84-60-62(87-64(68)35-33-31-29-27-25-23-21-19-17-15-13-11-9-7-5-2)61-86-88(70,71)85-37-36-66-65(69)83-59-58-82-57-56-81-55-54-80-53-52-79-51-50-78-49-48-77-47-46-76-45-44-75-43-42-74-41-40-73-39-38-72-3/h62H,4-61H2,1-3H3,(H,66,69)(H,70,71)/p-1/t62-/m1/s1. The summed E-state index contributed by atoms with van der Waals surface area (Å²) < 4.78 is 98.2. The fourth-order valence-corrected chi connectivity index (χ4v) is 9.63. The number of carbonyl (C=O) groups excluding carboxylic acids is 3. The molecule has 524 valence electrons. The number of rotatable bonds is 75. The normalized spacial score (nSPS) is 12.6. The highest BCUT2D eigenvalue weighted by atomic mass is 31.2. The van der Waals surface area contributed by atoms with E-state index in [4.69, 9.17) is 75.4 Å². The van der Waals surface area contributed by atoms with E-state index in [0.29, 0.717) is 138 Å². The molecule has 1 amide bonds. The van der Waals surface area contributed by atoms with Gasteiger partial charge in [-0.1, -0.05) is 194 Å². The van der Waals surface area contributed by atoms with Gasteiger partial charge >= 0.3 is 18.0 Å². The quantitative estimate of drug-likeness (QED) is 0.0257. The fourth-order valence-electron chi connectivity index (χ4n) is 8.89. The Balaban J connectivity index is 4.14. The molecule has 0 spiro atoms. The average molecular weight is 1290 g/mol. The number of nitrogens with one attached hydrogen (secondary N) is 1. The Morgan fingerprint density at radius 2 is 0.625 bits per heavy atom. The van der Waals surface area contributed by atoms with Crippen molar-refractivity contribution in [2.75, 3.05) is 179 Å². The third kappa shape index (κ3) is 71.3. The molecule has 0 rings (SSSR count). The summed E-state index contributed by atoms with van der Waals surface area (Å²) in [6.07, 6.45) is 34.7. The van der Waals surface area contributed by atoms with Gasteiger partial charge in [-0.3, -0.25) is 14.2 Å². The summed E-state index contributed by atoms with van der Waals surface area (Å²) in [5.74, 6) is -0.962. The number of hydrogen-bond donors (Lipinski definition) is 1. The fraction of sp³-hybridized carbons (Fsp3) is 0.954. The second kappa shape index (κ2) is 72.3. The van der Waals surface area contributed by atoms with Gasteiger partial charge in [0.2, 0.25) is 0 Å². The monoisotopic (exact) mass is 1290 g/mol. The van der Waals surface area contributed by atoms with E-state index in [1.165, 1.54) is 141 Å². The summed E-state index contributed by atoms with van der Waals surface area (Å²) in [5, 5.41) is 2.40. The molecule has 2 atom stereocenters. The Hall–Kier alpha value is -2.12. The SMILES string of the molecule is CCCCCCCCCCCCCCCCCC(=O)OC[C@H](COP(=O)([O-])OCCNC(=O)OCCOCCOCCOCCOCCOCCOCCOCCOCCOCCOCCOC)OC(=O)CCCCCCCCCCCCCCCCC. The number of amides is 1. The van der Waals surface area contributed by atoms with Gasteiger partial charge in [-0.15, -0.1) is 0 Å². The van der Waals surface area contributed by atoms with E-state index in [-0.39, 0.29) is 45.8 Å². The minimum Gasteiger partial charge on any atom is -0.756 e. The van der Waals surface area contributed by atoms with Crippen LogP contribution in [0.15, 0.2) is 0 Å². The maximum absolute atomic E-state index is 12.9. The van der Waals surface area contributed by atoms with E-state index in [9.17, 15) is 23.8 Å². The van der Waals surface area contributed by atoms with Crippen LogP contribution in [0.1, 0.15) is 219 Å². The first-order valence-electron chi connectivity index (χ1n) is 34.4. The van der Waals surface area contributed by atoms with Crippen molar-refractivity contribution in [1.29, 1.82) is 0 Å². The van der Waals surface area contributed by atoms with Gasteiger partial charge < -0.3 is 85.6 Å². The summed E-state index contributed by atoms with van der Waals surface area (Å²) in [5.41, 5.74) is 0. The highest BCUT2D eigenvalue weighted by Crippen LogP contribution is 2.38. The molecule has 88 heavy (non-hydrogen) atoms. The van der Waals surface area contributed by atoms with Gasteiger partial charge in [-0.05, 0) is 12.8 Å². The molecule has 0 aromatic heterocycles. The summed E-state index contributed by atoms with van der Waals surface area (Å²) in [6, 6.07) is 0. The molecule has 0 aromatic rings. The van der Waals surface area contributed by atoms with Crippen LogP contribution in [0.5, 0.6) is 0 Å². The molecule has 22 nitrogen and oxygen atoms in total. The Morgan fingerprint density at radius 1 is 0.341 bits per heavy atom. The van der Waals surface area contributed by atoms with E-state index in [1.807, 2.05) is 0 Å². The average Bonchev–Trinajstić information content (AvgIpc) is 3.58. The highest BCUT2D eigenvalue weighted by molar-refractivity contribution is 7.45. The van der Waals surface area contributed by atoms with E-state index in [2.05, 4.69) is 19.2 Å². The van der Waals surface area contributed by atoms with Crippen LogP contribution in [0.25, 0.3) is 0 Å². The van der Waals surface area contributed by atoms with Gasteiger partial charge in [-0.25, -0.2) is 4.79 Å². The third-order valence-electron chi connectivity index (χ3n) is 14.0. The number of ether oxygens (including phenoxy) is 14. The molecule has 0 aliphatic rings. The van der Waals surface area contributed by atoms with Crippen molar-refractivity contribution in [1.82, 2.24) is 5.32 Å². The molecule has 0 bridgehead atoms. The molecule has 0 radical (unpaired) electrons. The number of hydrogen-bond acceptors (Lipinski definition) is 21. The molecule has 1 unspecified atom stereocenters. The minimum atomic E-state index is -4.90. The van der Waals surface area contributed by atoms with Crippen molar-refractivity contribution in [3.63, 3.8) is 0 Å². The molecule has 0 saturated carbocycles. The lowest BCUT2D eigenvalue weighted by molar-refractivity contribution is -0.228. The van der Waals surface area contributed by atoms with Crippen LogP contribution in [0.2, 0.25) is 0 Å². The highest BCUT2D eigenvalue weighted by Gasteiger charge is 2.21. The van der Waals surface area contributed by atoms with Crippen molar-refractivity contribution < 1.29 is 99.2 Å². The van der Waals surface area contributed by atoms with Crippen LogP contribution >= 0.6 is 7.82 Å². The topological polar surface area (TPSA) is 251 Å². The minimum absolute atomic E-state index is 0.0417. The predicted molar refractivity (Wildman–Crippen MR) is 339 cm³/mol. The van der Waals surface area contributed by atoms with E-state index in [1.54, 1.807) is 7.11 Å². The van der Waals surface area contributed by atoms with Crippen LogP contribution in [0.3, 0.4) is 0 Å². The zero-order chi connectivity index (χ0) is 63.8. The van der Waals surface area contributed by atoms with Crippen LogP contribution in [-0.2, 0) is 89.5 Å². The second-order valence-corrected chi connectivity index (χ2v) is 23.4. The van der Waals surface area contributed by atoms with Gasteiger partial charge in [0.25, 0.3) is 7.82 Å². The zero-order valence-corrected chi connectivity index (χ0v) is 56.5. The van der Waals surface area contributed by atoms with Gasteiger partial charge in [0, 0.05) is 26.5 Å². The Morgan fingerprint density at radius 3 is 0.943 bits per heavy atom. The van der Waals surface area contributed by atoms with Crippen LogP contribution in [0.4, 0.5) is 4.79 Å². The molecule has 0 saturated heterocycles. The molecule has 0 aliphatic carbocycles. The number of esters is 2. The molecular formula is C65H127NO21P-. The van der Waals surface area contributed by atoms with Crippen molar-refractivity contribution in [2.45, 2.75) is 225 Å². The van der Waals surface area contributed by atoms with E-state index >= 15 is 0 Å². The first-order chi connectivity index (χ1) is 43.2. The summed E-state index contributed by atoms with van der Waals surface area (Å²) in [6.45, 7) is 12.2. The maximum atomic E-state index is 12.9. The second-order valence-electron chi connectivity index (χ2n) is 21.9. The summed E-state index contributed by atoms with van der Waals surface area (Å²) >= 11 is 0. The van der Waals surface area contributed by atoms with Gasteiger partial charge in [0.15, 0.2) is 6.10 Å². The summed E-state index contributed by atoms with van der Waals surface area (Å²) in [4.78, 5) is 50.3. The lowest BCUT2D eigenvalue weighted by atomic mass is 10.0. The van der Waals surface area contributed by atoms with Gasteiger partial charge in [0.05, 0.1) is 152 Å². The molecule has 1 N–H and O–H groups in total. The largest absolute Gasteiger partial charge is 0.756 e. The molecule has 0 fully saturated rings. The Kier molecular flexibility index (Phi) is 70.6. The van der Waals surface area contributed by atoms with Crippen LogP contribution in [0, 0.1) is 0 Å². The molecule has 0 aromatic carbocycles. The molecular weight excluding hydrogens is 1160 g/mol. The Labute approximate surface area is 532 Å². The first kappa shape index (κ1) is 85.9. The third-order valence-corrected chi connectivity index (χ3v) is 14.9. The van der Waals surface area contributed by atoms with E-state index < -0.39 is 45.2 Å². The number of methoxy groups -OCH3 is 1. The molecule has 0 heterocycles. The van der Waals surface area contributed by atoms with Crippen molar-refractivity contribution in [3.05, 3.63) is 0 Å². The number of phosphoric ester groups is 1. The number of phosphoric acid groups is 1. The molecule has 23 heteroatoms. The maximum Gasteiger partial charge on any atom is 0.407 e. The first-order valence-corrected chi connectivity index (χ1v) is 35.8. The van der Waals surface area contributed by atoms with E-state index in [0.717, 1.165) is 38.5 Å². The zero-order valence-electron chi connectivity index (χ0n) is 55.6. The van der Waals surface area contributed by atoms with Crippen LogP contribution in [-0.4, -0.2) is 203 Å². The lowest BCUT2D eigenvalue weighted by Crippen LogP contribution is -2.31. The number of carbonyl (C=O) groups is 3.